The lowest BCUT2D eigenvalue weighted by Gasteiger charge is -2.29. The van der Waals surface area contributed by atoms with Crippen molar-refractivity contribution in [3.63, 3.8) is 0 Å². The molecule has 2 nitrogen and oxygen atoms in total. The van der Waals surface area contributed by atoms with Crippen molar-refractivity contribution in [2.45, 2.75) is 0 Å². The van der Waals surface area contributed by atoms with E-state index in [1.165, 1.54) is 30.0 Å². The van der Waals surface area contributed by atoms with Gasteiger partial charge in [0.1, 0.15) is 11.6 Å². The van der Waals surface area contributed by atoms with Crippen molar-refractivity contribution < 1.29 is 8.78 Å². The number of piperazine rings is 1. The van der Waals surface area contributed by atoms with Gasteiger partial charge in [-0.1, -0.05) is 64.5 Å². The number of anilines is 1. The Morgan fingerprint density at radius 3 is 1.33 bits per heavy atom. The van der Waals surface area contributed by atoms with Crippen LogP contribution in [0.5, 0.6) is 0 Å². The van der Waals surface area contributed by atoms with Gasteiger partial charge >= 0.3 is 0 Å². The highest BCUT2D eigenvalue weighted by molar-refractivity contribution is 9.10. The molecule has 1 aliphatic rings. The van der Waals surface area contributed by atoms with Crippen molar-refractivity contribution in [3.05, 3.63) is 113 Å². The first-order chi connectivity index (χ1) is 16.1. The third-order valence-corrected chi connectivity index (χ3v) is 6.08. The molecule has 0 aliphatic carbocycles. The molecule has 0 atom stereocenters. The number of hydrogen-bond donors (Lipinski definition) is 1. The van der Waals surface area contributed by atoms with E-state index in [2.05, 4.69) is 50.4 Å². The summed E-state index contributed by atoms with van der Waals surface area (Å²) >= 11 is 3.37. The van der Waals surface area contributed by atoms with Crippen molar-refractivity contribution in [2.24, 2.45) is 0 Å². The average molecular weight is 507 g/mol. The molecule has 168 valence electrons. The minimum absolute atomic E-state index is 0.193. The van der Waals surface area contributed by atoms with Crippen LogP contribution in [0.1, 0.15) is 0 Å². The van der Waals surface area contributed by atoms with Crippen LogP contribution in [0.4, 0.5) is 14.5 Å². The SMILES string of the molecule is Fc1ccc(-c2ccc(Br)cc2)cc1.Fc1ccc(-c2ccc(N3CCNCC3)cc2)cc1. The molecule has 1 fully saturated rings. The van der Waals surface area contributed by atoms with E-state index in [4.69, 9.17) is 0 Å². The van der Waals surface area contributed by atoms with Gasteiger partial charge in [-0.25, -0.2) is 8.78 Å². The van der Waals surface area contributed by atoms with Crippen molar-refractivity contribution in [1.82, 2.24) is 5.32 Å². The summed E-state index contributed by atoms with van der Waals surface area (Å²) in [6.45, 7) is 4.19. The molecule has 1 heterocycles. The molecule has 5 rings (SSSR count). The van der Waals surface area contributed by atoms with Crippen LogP contribution in [0.25, 0.3) is 22.3 Å². The van der Waals surface area contributed by atoms with Gasteiger partial charge < -0.3 is 10.2 Å². The summed E-state index contributed by atoms with van der Waals surface area (Å²) in [6, 6.07) is 29.5. The summed E-state index contributed by atoms with van der Waals surface area (Å²) < 4.78 is 26.6. The quantitative estimate of drug-likeness (QED) is 0.317. The lowest BCUT2D eigenvalue weighted by molar-refractivity contribution is 0.589. The Balaban J connectivity index is 0.000000165. The van der Waals surface area contributed by atoms with E-state index in [0.717, 1.165) is 52.9 Å². The molecule has 1 aliphatic heterocycles. The van der Waals surface area contributed by atoms with E-state index < -0.39 is 0 Å². The molecule has 33 heavy (non-hydrogen) atoms. The Hall–Kier alpha value is -3.02. The molecule has 4 aromatic rings. The van der Waals surface area contributed by atoms with Crippen LogP contribution in [-0.4, -0.2) is 26.2 Å². The van der Waals surface area contributed by atoms with Crippen LogP contribution in [0, 0.1) is 11.6 Å². The second-order valence-electron chi connectivity index (χ2n) is 7.80. The van der Waals surface area contributed by atoms with E-state index >= 15 is 0 Å². The molecule has 1 N–H and O–H groups in total. The summed E-state index contributed by atoms with van der Waals surface area (Å²) in [6.07, 6.45) is 0. The smallest absolute Gasteiger partial charge is 0.123 e. The predicted octanol–water partition coefficient (Wildman–Crippen LogP) is 7.16. The van der Waals surface area contributed by atoms with Gasteiger partial charge in [0, 0.05) is 36.3 Å². The van der Waals surface area contributed by atoms with E-state index in [-0.39, 0.29) is 11.6 Å². The summed E-state index contributed by atoms with van der Waals surface area (Å²) in [7, 11) is 0. The van der Waals surface area contributed by atoms with Gasteiger partial charge in [0.05, 0.1) is 0 Å². The van der Waals surface area contributed by atoms with Crippen LogP contribution in [-0.2, 0) is 0 Å². The van der Waals surface area contributed by atoms with E-state index in [0.29, 0.717) is 0 Å². The highest BCUT2D eigenvalue weighted by atomic mass is 79.9. The number of nitrogens with one attached hydrogen (secondary N) is 1. The molecule has 0 radical (unpaired) electrons. The van der Waals surface area contributed by atoms with Crippen molar-refractivity contribution in [2.75, 3.05) is 31.1 Å². The Morgan fingerprint density at radius 2 is 0.909 bits per heavy atom. The fourth-order valence-electron chi connectivity index (χ4n) is 3.71. The molecule has 0 spiro atoms. The third-order valence-electron chi connectivity index (χ3n) is 5.55. The number of rotatable bonds is 3. The summed E-state index contributed by atoms with van der Waals surface area (Å²) in [5.74, 6) is -0.396. The largest absolute Gasteiger partial charge is 0.369 e. The maximum Gasteiger partial charge on any atom is 0.123 e. The topological polar surface area (TPSA) is 15.3 Å². The molecule has 1 saturated heterocycles. The number of halogens is 3. The summed E-state index contributed by atoms with van der Waals surface area (Å²) in [5, 5.41) is 3.35. The third kappa shape index (κ3) is 6.50. The first kappa shape index (κ1) is 23.1. The van der Waals surface area contributed by atoms with E-state index in [1.54, 1.807) is 12.1 Å². The van der Waals surface area contributed by atoms with Gasteiger partial charge in [-0.2, -0.15) is 0 Å². The maximum absolute atomic E-state index is 12.9. The molecule has 4 aromatic carbocycles. The molecule has 5 heteroatoms. The van der Waals surface area contributed by atoms with Gasteiger partial charge in [0.2, 0.25) is 0 Å². The molecule has 0 unspecified atom stereocenters. The van der Waals surface area contributed by atoms with E-state index in [1.807, 2.05) is 36.4 Å². The van der Waals surface area contributed by atoms with Crippen LogP contribution in [0.15, 0.2) is 102 Å². The zero-order valence-corrected chi connectivity index (χ0v) is 19.7. The normalized spacial score (nSPS) is 13.2. The van der Waals surface area contributed by atoms with Gasteiger partial charge in [-0.05, 0) is 70.8 Å². The predicted molar refractivity (Wildman–Crippen MR) is 136 cm³/mol. The van der Waals surface area contributed by atoms with Crippen molar-refractivity contribution in [1.29, 1.82) is 0 Å². The minimum atomic E-state index is -0.203. The van der Waals surface area contributed by atoms with Crippen LogP contribution >= 0.6 is 15.9 Å². The van der Waals surface area contributed by atoms with Gasteiger partial charge in [0.15, 0.2) is 0 Å². The Morgan fingerprint density at radius 1 is 0.545 bits per heavy atom. The monoisotopic (exact) mass is 506 g/mol. The second-order valence-corrected chi connectivity index (χ2v) is 8.72. The molecule has 0 aromatic heterocycles. The van der Waals surface area contributed by atoms with Crippen molar-refractivity contribution in [3.8, 4) is 22.3 Å². The second kappa shape index (κ2) is 11.2. The first-order valence-electron chi connectivity index (χ1n) is 10.9. The van der Waals surface area contributed by atoms with Gasteiger partial charge in [-0.3, -0.25) is 0 Å². The highest BCUT2D eigenvalue weighted by Crippen LogP contribution is 2.24. The van der Waals surface area contributed by atoms with Crippen LogP contribution < -0.4 is 10.2 Å². The van der Waals surface area contributed by atoms with Crippen LogP contribution in [0.2, 0.25) is 0 Å². The molecular weight excluding hydrogens is 482 g/mol. The van der Waals surface area contributed by atoms with E-state index in [9.17, 15) is 8.78 Å². The zero-order chi connectivity index (χ0) is 23.0. The fourth-order valence-corrected chi connectivity index (χ4v) is 3.98. The first-order valence-corrected chi connectivity index (χ1v) is 11.7. The number of hydrogen-bond acceptors (Lipinski definition) is 2. The summed E-state index contributed by atoms with van der Waals surface area (Å²) in [4.78, 5) is 2.38. The number of benzene rings is 4. The fraction of sp³-hybridized carbons (Fsp3) is 0.143. The lowest BCUT2D eigenvalue weighted by Crippen LogP contribution is -2.43. The lowest BCUT2D eigenvalue weighted by atomic mass is 10.1. The number of nitrogens with zero attached hydrogens (tertiary/aromatic N) is 1. The Kier molecular flexibility index (Phi) is 7.87. The minimum Gasteiger partial charge on any atom is -0.369 e. The molecular formula is C28H25BrF2N2. The Bertz CT molecular complexity index is 1090. The maximum atomic E-state index is 12.9. The molecule has 0 amide bonds. The zero-order valence-electron chi connectivity index (χ0n) is 18.1. The van der Waals surface area contributed by atoms with Gasteiger partial charge in [0.25, 0.3) is 0 Å². The Labute approximate surface area is 202 Å². The average Bonchev–Trinajstić information content (AvgIpc) is 2.87. The standard InChI is InChI=1S/C16H17FN2.C12H8BrF/c17-15-5-1-13(2-6-15)14-3-7-16(8-4-14)19-11-9-18-10-12-19;13-11-5-1-9(2-6-11)10-3-7-12(14)8-4-10/h1-8,18H,9-12H2;1-8H. The highest BCUT2D eigenvalue weighted by Gasteiger charge is 2.10. The molecule has 0 bridgehead atoms. The van der Waals surface area contributed by atoms with Crippen molar-refractivity contribution >= 4 is 21.6 Å². The summed E-state index contributed by atoms with van der Waals surface area (Å²) in [5.41, 5.74) is 5.55. The molecule has 0 saturated carbocycles. The van der Waals surface area contributed by atoms with Crippen LogP contribution in [0.3, 0.4) is 0 Å². The van der Waals surface area contributed by atoms with Gasteiger partial charge in [-0.15, -0.1) is 0 Å².